The lowest BCUT2D eigenvalue weighted by atomic mass is 10.0. The minimum absolute atomic E-state index is 0.205. The molecule has 0 aromatic carbocycles. The molecular formula is C8H15F2NO. The van der Waals surface area contributed by atoms with Crippen LogP contribution in [0.5, 0.6) is 0 Å². The van der Waals surface area contributed by atoms with Gasteiger partial charge in [-0.15, -0.1) is 0 Å². The van der Waals surface area contributed by atoms with Crippen LogP contribution in [0.15, 0.2) is 0 Å². The number of hydrogen-bond acceptors (Lipinski definition) is 2. The van der Waals surface area contributed by atoms with Crippen molar-refractivity contribution in [2.75, 3.05) is 19.7 Å². The van der Waals surface area contributed by atoms with Gasteiger partial charge in [0.15, 0.2) is 0 Å². The summed E-state index contributed by atoms with van der Waals surface area (Å²) < 4.78 is 28.7. The van der Waals surface area contributed by atoms with Gasteiger partial charge in [0.05, 0.1) is 12.6 Å². The molecule has 1 N–H and O–H groups in total. The van der Waals surface area contributed by atoms with Crippen molar-refractivity contribution in [3.8, 4) is 0 Å². The van der Waals surface area contributed by atoms with E-state index in [4.69, 9.17) is 4.74 Å². The third-order valence-electron chi connectivity index (χ3n) is 2.24. The largest absolute Gasteiger partial charge is 0.378 e. The van der Waals surface area contributed by atoms with Crippen LogP contribution in [-0.4, -0.2) is 32.2 Å². The maximum absolute atomic E-state index is 11.7. The van der Waals surface area contributed by atoms with E-state index in [1.165, 1.54) is 0 Å². The molecule has 2 unspecified atom stereocenters. The molecule has 4 heteroatoms. The zero-order valence-corrected chi connectivity index (χ0v) is 7.22. The van der Waals surface area contributed by atoms with Crippen LogP contribution in [0, 0.1) is 5.92 Å². The lowest BCUT2D eigenvalue weighted by Crippen LogP contribution is -2.30. The summed E-state index contributed by atoms with van der Waals surface area (Å²) in [6.45, 7) is 3.19. The van der Waals surface area contributed by atoms with E-state index >= 15 is 0 Å². The second-order valence-corrected chi connectivity index (χ2v) is 3.17. The van der Waals surface area contributed by atoms with Crippen LogP contribution in [0.1, 0.15) is 13.3 Å². The average molecular weight is 179 g/mol. The summed E-state index contributed by atoms with van der Waals surface area (Å²) in [6.07, 6.45) is -1.05. The highest BCUT2D eigenvalue weighted by Gasteiger charge is 2.23. The van der Waals surface area contributed by atoms with Gasteiger partial charge in [-0.3, -0.25) is 0 Å². The molecule has 1 aliphatic rings. The summed E-state index contributed by atoms with van der Waals surface area (Å²) in [5.41, 5.74) is 0. The molecule has 1 fully saturated rings. The maximum atomic E-state index is 11.7. The fourth-order valence-corrected chi connectivity index (χ4v) is 1.42. The third-order valence-corrected chi connectivity index (χ3v) is 2.24. The Balaban J connectivity index is 2.06. The van der Waals surface area contributed by atoms with Gasteiger partial charge in [0.2, 0.25) is 0 Å². The van der Waals surface area contributed by atoms with Crippen LogP contribution in [-0.2, 0) is 4.74 Å². The van der Waals surface area contributed by atoms with Gasteiger partial charge in [-0.2, -0.15) is 0 Å². The van der Waals surface area contributed by atoms with Crippen molar-refractivity contribution in [1.82, 2.24) is 5.32 Å². The van der Waals surface area contributed by atoms with E-state index in [0.29, 0.717) is 12.5 Å². The molecule has 0 aromatic rings. The van der Waals surface area contributed by atoms with E-state index in [-0.39, 0.29) is 12.6 Å². The lowest BCUT2D eigenvalue weighted by Gasteiger charge is -2.14. The summed E-state index contributed by atoms with van der Waals surface area (Å²) in [5.74, 6) is 0.406. The van der Waals surface area contributed by atoms with Crippen LogP contribution in [0.4, 0.5) is 8.78 Å². The smallest absolute Gasteiger partial charge is 0.250 e. The first-order chi connectivity index (χ1) is 5.70. The molecule has 0 aliphatic carbocycles. The molecule has 0 saturated carbocycles. The predicted octanol–water partition coefficient (Wildman–Crippen LogP) is 1.27. The quantitative estimate of drug-likeness (QED) is 0.701. The monoisotopic (exact) mass is 179 g/mol. The van der Waals surface area contributed by atoms with E-state index in [1.807, 2.05) is 6.92 Å². The first-order valence-electron chi connectivity index (χ1n) is 4.30. The molecule has 1 rings (SSSR count). The maximum Gasteiger partial charge on any atom is 0.250 e. The van der Waals surface area contributed by atoms with Gasteiger partial charge >= 0.3 is 0 Å². The molecule has 0 radical (unpaired) electrons. The van der Waals surface area contributed by atoms with Crippen molar-refractivity contribution in [2.45, 2.75) is 25.9 Å². The molecule has 1 aliphatic heterocycles. The first kappa shape index (κ1) is 9.86. The fraction of sp³-hybridized carbons (Fsp3) is 1.00. The van der Waals surface area contributed by atoms with Crippen LogP contribution >= 0.6 is 0 Å². The number of hydrogen-bond donors (Lipinski definition) is 1. The highest BCUT2D eigenvalue weighted by atomic mass is 19.3. The van der Waals surface area contributed by atoms with E-state index in [0.717, 1.165) is 13.0 Å². The van der Waals surface area contributed by atoms with Gasteiger partial charge in [-0.25, -0.2) is 8.78 Å². The molecule has 1 saturated heterocycles. The van der Waals surface area contributed by atoms with Gasteiger partial charge in [0, 0.05) is 13.2 Å². The molecular weight excluding hydrogens is 164 g/mol. The lowest BCUT2D eigenvalue weighted by molar-refractivity contribution is 0.102. The standard InChI is InChI=1S/C8H15F2NO/c1-6-7(2-3-12-6)4-11-5-8(9)10/h6-8,11H,2-5H2,1H3. The topological polar surface area (TPSA) is 21.3 Å². The van der Waals surface area contributed by atoms with Crippen molar-refractivity contribution in [3.63, 3.8) is 0 Å². The molecule has 0 aromatic heterocycles. The van der Waals surface area contributed by atoms with Crippen LogP contribution < -0.4 is 5.32 Å². The van der Waals surface area contributed by atoms with E-state index < -0.39 is 6.43 Å². The first-order valence-corrected chi connectivity index (χ1v) is 4.30. The molecule has 2 nitrogen and oxygen atoms in total. The second kappa shape index (κ2) is 4.72. The Morgan fingerprint density at radius 1 is 1.58 bits per heavy atom. The van der Waals surface area contributed by atoms with Gasteiger partial charge in [0.1, 0.15) is 0 Å². The number of ether oxygens (including phenoxy) is 1. The van der Waals surface area contributed by atoms with Crippen molar-refractivity contribution >= 4 is 0 Å². The van der Waals surface area contributed by atoms with Crippen LogP contribution in [0.3, 0.4) is 0 Å². The molecule has 72 valence electrons. The number of alkyl halides is 2. The van der Waals surface area contributed by atoms with E-state index in [2.05, 4.69) is 5.32 Å². The highest BCUT2D eigenvalue weighted by molar-refractivity contribution is 4.74. The molecule has 0 amide bonds. The number of halogens is 2. The number of rotatable bonds is 4. The SMILES string of the molecule is CC1OCCC1CNCC(F)F. The summed E-state index contributed by atoms with van der Waals surface area (Å²) in [4.78, 5) is 0. The normalized spacial score (nSPS) is 30.0. The van der Waals surface area contributed by atoms with Crippen LogP contribution in [0.25, 0.3) is 0 Å². The minimum atomic E-state index is -2.25. The van der Waals surface area contributed by atoms with Gasteiger partial charge in [-0.05, 0) is 19.3 Å². The molecule has 12 heavy (non-hydrogen) atoms. The van der Waals surface area contributed by atoms with E-state index in [1.54, 1.807) is 0 Å². The molecule has 1 heterocycles. The fourth-order valence-electron chi connectivity index (χ4n) is 1.42. The third kappa shape index (κ3) is 3.03. The van der Waals surface area contributed by atoms with Gasteiger partial charge in [-0.1, -0.05) is 0 Å². The van der Waals surface area contributed by atoms with Crippen molar-refractivity contribution in [3.05, 3.63) is 0 Å². The summed E-state index contributed by atoms with van der Waals surface area (Å²) in [7, 11) is 0. The molecule has 0 spiro atoms. The predicted molar refractivity (Wildman–Crippen MR) is 42.4 cm³/mol. The minimum Gasteiger partial charge on any atom is -0.378 e. The molecule has 0 bridgehead atoms. The Hall–Kier alpha value is -0.220. The highest BCUT2D eigenvalue weighted by Crippen LogP contribution is 2.19. The average Bonchev–Trinajstić information content (AvgIpc) is 2.36. The van der Waals surface area contributed by atoms with Gasteiger partial charge < -0.3 is 10.1 Å². The van der Waals surface area contributed by atoms with Crippen molar-refractivity contribution < 1.29 is 13.5 Å². The van der Waals surface area contributed by atoms with E-state index in [9.17, 15) is 8.78 Å². The summed E-state index contributed by atoms with van der Waals surface area (Å²) in [5, 5.41) is 2.73. The second-order valence-electron chi connectivity index (χ2n) is 3.17. The Morgan fingerprint density at radius 2 is 2.33 bits per heavy atom. The van der Waals surface area contributed by atoms with Crippen molar-refractivity contribution in [2.24, 2.45) is 5.92 Å². The Morgan fingerprint density at radius 3 is 2.83 bits per heavy atom. The molecule has 2 atom stereocenters. The van der Waals surface area contributed by atoms with Crippen LogP contribution in [0.2, 0.25) is 0 Å². The van der Waals surface area contributed by atoms with Crippen molar-refractivity contribution in [1.29, 1.82) is 0 Å². The number of nitrogens with one attached hydrogen (secondary N) is 1. The zero-order chi connectivity index (χ0) is 8.97. The zero-order valence-electron chi connectivity index (χ0n) is 7.22. The summed E-state index contributed by atoms with van der Waals surface area (Å²) >= 11 is 0. The Bertz CT molecular complexity index is 132. The van der Waals surface area contributed by atoms with Gasteiger partial charge in [0.25, 0.3) is 6.43 Å². The Labute approximate surface area is 71.3 Å². The Kier molecular flexibility index (Phi) is 3.88. The summed E-state index contributed by atoms with van der Waals surface area (Å²) in [6, 6.07) is 0.